The van der Waals surface area contributed by atoms with Gasteiger partial charge in [0.05, 0.1) is 5.69 Å². The third-order valence-electron chi connectivity index (χ3n) is 3.20. The quantitative estimate of drug-likeness (QED) is 0.682. The predicted molar refractivity (Wildman–Crippen MR) is 78.9 cm³/mol. The van der Waals surface area contributed by atoms with Gasteiger partial charge in [-0.05, 0) is 30.9 Å². The molecule has 3 heteroatoms. The molecule has 0 spiro atoms. The van der Waals surface area contributed by atoms with Gasteiger partial charge in [0.2, 0.25) is 0 Å². The highest BCUT2D eigenvalue weighted by Crippen LogP contribution is 2.15. The maximum atomic E-state index is 5.95. The van der Waals surface area contributed by atoms with Crippen molar-refractivity contribution in [3.63, 3.8) is 0 Å². The van der Waals surface area contributed by atoms with E-state index in [0.29, 0.717) is 17.1 Å². The van der Waals surface area contributed by atoms with Crippen molar-refractivity contribution in [2.45, 2.75) is 53.1 Å². The van der Waals surface area contributed by atoms with E-state index in [1.54, 1.807) is 0 Å². The second-order valence-corrected chi connectivity index (χ2v) is 5.63. The van der Waals surface area contributed by atoms with Gasteiger partial charge < -0.3 is 0 Å². The van der Waals surface area contributed by atoms with Crippen molar-refractivity contribution in [2.75, 3.05) is 6.54 Å². The van der Waals surface area contributed by atoms with E-state index >= 15 is 0 Å². The van der Waals surface area contributed by atoms with Crippen LogP contribution in [-0.4, -0.2) is 22.5 Å². The van der Waals surface area contributed by atoms with E-state index < -0.39 is 0 Å². The van der Waals surface area contributed by atoms with E-state index in [4.69, 9.17) is 11.6 Å². The van der Waals surface area contributed by atoms with Crippen molar-refractivity contribution < 1.29 is 0 Å². The highest BCUT2D eigenvalue weighted by atomic mass is 35.5. The molecular weight excluding hydrogens is 244 g/mol. The molecule has 0 bridgehead atoms. The highest BCUT2D eigenvalue weighted by Gasteiger charge is 2.17. The van der Waals surface area contributed by atoms with Crippen LogP contribution in [0.1, 0.15) is 46.2 Å². The summed E-state index contributed by atoms with van der Waals surface area (Å²) < 4.78 is 0. The Hall–Kier alpha value is -0.600. The normalized spacial score (nSPS) is 11.8. The Morgan fingerprint density at radius 2 is 1.89 bits per heavy atom. The second-order valence-electron chi connectivity index (χ2n) is 5.25. The van der Waals surface area contributed by atoms with Gasteiger partial charge in [0.1, 0.15) is 5.15 Å². The molecule has 1 heterocycles. The summed E-state index contributed by atoms with van der Waals surface area (Å²) in [5.74, 6) is 0.671. The summed E-state index contributed by atoms with van der Waals surface area (Å²) in [4.78, 5) is 6.93. The van der Waals surface area contributed by atoms with Crippen LogP contribution >= 0.6 is 11.6 Å². The molecule has 0 aliphatic rings. The lowest BCUT2D eigenvalue weighted by atomic mass is 10.1. The molecule has 18 heavy (non-hydrogen) atoms. The fourth-order valence-corrected chi connectivity index (χ4v) is 2.54. The molecule has 0 amide bonds. The summed E-state index contributed by atoms with van der Waals surface area (Å²) >= 11 is 5.95. The van der Waals surface area contributed by atoms with Crippen LogP contribution in [0.5, 0.6) is 0 Å². The monoisotopic (exact) mass is 268 g/mol. The number of rotatable bonds is 7. The topological polar surface area (TPSA) is 16.1 Å². The lowest BCUT2D eigenvalue weighted by molar-refractivity contribution is 0.155. The first-order chi connectivity index (χ1) is 8.56. The smallest absolute Gasteiger partial charge is 0.129 e. The maximum absolute atomic E-state index is 5.95. The number of pyridine rings is 1. The minimum atomic E-state index is 0.585. The first-order valence-electron chi connectivity index (χ1n) is 6.92. The molecule has 0 atom stereocenters. The van der Waals surface area contributed by atoms with Gasteiger partial charge in [-0.2, -0.15) is 0 Å². The Bertz CT molecular complexity index is 348. The SMILES string of the molecule is CCC(CC)N(Cc1cccc(Cl)n1)CC(C)C. The maximum Gasteiger partial charge on any atom is 0.129 e. The highest BCUT2D eigenvalue weighted by molar-refractivity contribution is 6.29. The molecule has 2 nitrogen and oxygen atoms in total. The molecule has 1 aromatic rings. The molecular formula is C15H25ClN2. The summed E-state index contributed by atoms with van der Waals surface area (Å²) in [7, 11) is 0. The summed E-state index contributed by atoms with van der Waals surface area (Å²) in [6, 6.07) is 6.50. The minimum Gasteiger partial charge on any atom is -0.294 e. The van der Waals surface area contributed by atoms with Crippen molar-refractivity contribution in [2.24, 2.45) is 5.92 Å². The zero-order chi connectivity index (χ0) is 13.5. The largest absolute Gasteiger partial charge is 0.294 e. The molecule has 0 aliphatic carbocycles. The van der Waals surface area contributed by atoms with Gasteiger partial charge in [-0.15, -0.1) is 0 Å². The molecule has 1 aromatic heterocycles. The van der Waals surface area contributed by atoms with E-state index in [2.05, 4.69) is 43.6 Å². The Balaban J connectivity index is 2.77. The minimum absolute atomic E-state index is 0.585. The zero-order valence-corrected chi connectivity index (χ0v) is 12.7. The Kier molecular flexibility index (Phi) is 6.66. The molecule has 0 N–H and O–H groups in total. The Morgan fingerprint density at radius 3 is 2.39 bits per heavy atom. The van der Waals surface area contributed by atoms with Crippen molar-refractivity contribution in [3.8, 4) is 0 Å². The molecule has 1 rings (SSSR count). The second kappa shape index (κ2) is 7.75. The van der Waals surface area contributed by atoms with Gasteiger partial charge >= 0.3 is 0 Å². The molecule has 0 aromatic carbocycles. The average molecular weight is 269 g/mol. The lowest BCUT2D eigenvalue weighted by Crippen LogP contribution is -2.37. The standard InChI is InChI=1S/C15H25ClN2/c1-5-14(6-2)18(10-12(3)4)11-13-8-7-9-15(16)17-13/h7-9,12,14H,5-6,10-11H2,1-4H3. The Labute approximate surface area is 116 Å². The third kappa shape index (κ3) is 4.95. The fourth-order valence-electron chi connectivity index (χ4n) is 2.36. The van der Waals surface area contributed by atoms with Crippen molar-refractivity contribution in [3.05, 3.63) is 29.0 Å². The van der Waals surface area contributed by atoms with E-state index in [9.17, 15) is 0 Å². The fraction of sp³-hybridized carbons (Fsp3) is 0.667. The molecule has 0 radical (unpaired) electrons. The van der Waals surface area contributed by atoms with Crippen LogP contribution in [0.4, 0.5) is 0 Å². The van der Waals surface area contributed by atoms with Crippen molar-refractivity contribution in [1.29, 1.82) is 0 Å². The first kappa shape index (κ1) is 15.5. The van der Waals surface area contributed by atoms with Crippen molar-refractivity contribution in [1.82, 2.24) is 9.88 Å². The number of hydrogen-bond donors (Lipinski definition) is 0. The van der Waals surface area contributed by atoms with Crippen LogP contribution in [0.3, 0.4) is 0 Å². The van der Waals surface area contributed by atoms with Crippen LogP contribution in [0.25, 0.3) is 0 Å². The van der Waals surface area contributed by atoms with Gasteiger partial charge in [-0.1, -0.05) is 45.4 Å². The molecule has 0 saturated heterocycles. The number of halogens is 1. The van der Waals surface area contributed by atoms with Crippen LogP contribution < -0.4 is 0 Å². The van der Waals surface area contributed by atoms with Gasteiger partial charge in [0.15, 0.2) is 0 Å². The van der Waals surface area contributed by atoms with E-state index in [-0.39, 0.29) is 0 Å². The summed E-state index contributed by atoms with van der Waals surface area (Å²) in [5, 5.41) is 0.585. The van der Waals surface area contributed by atoms with E-state index in [1.807, 2.05) is 12.1 Å². The summed E-state index contributed by atoms with van der Waals surface area (Å²) in [6.45, 7) is 11.0. The van der Waals surface area contributed by atoms with E-state index in [0.717, 1.165) is 18.8 Å². The number of aromatic nitrogens is 1. The van der Waals surface area contributed by atoms with Crippen LogP contribution in [-0.2, 0) is 6.54 Å². The van der Waals surface area contributed by atoms with Crippen LogP contribution in [0.15, 0.2) is 18.2 Å². The first-order valence-corrected chi connectivity index (χ1v) is 7.30. The van der Waals surface area contributed by atoms with Crippen LogP contribution in [0.2, 0.25) is 5.15 Å². The average Bonchev–Trinajstić information content (AvgIpc) is 2.29. The van der Waals surface area contributed by atoms with Gasteiger partial charge in [-0.25, -0.2) is 4.98 Å². The molecule has 0 saturated carbocycles. The molecule has 102 valence electrons. The van der Waals surface area contributed by atoms with Crippen molar-refractivity contribution >= 4 is 11.6 Å². The van der Waals surface area contributed by atoms with Gasteiger partial charge in [0, 0.05) is 19.1 Å². The number of nitrogens with zero attached hydrogens (tertiary/aromatic N) is 2. The lowest BCUT2D eigenvalue weighted by Gasteiger charge is -2.31. The zero-order valence-electron chi connectivity index (χ0n) is 12.0. The molecule has 0 unspecified atom stereocenters. The van der Waals surface area contributed by atoms with Crippen LogP contribution in [0, 0.1) is 5.92 Å². The third-order valence-corrected chi connectivity index (χ3v) is 3.41. The Morgan fingerprint density at radius 1 is 1.22 bits per heavy atom. The summed E-state index contributed by atoms with van der Waals surface area (Å²) in [5.41, 5.74) is 1.06. The number of hydrogen-bond acceptors (Lipinski definition) is 2. The predicted octanol–water partition coefficient (Wildman–Crippen LogP) is 4.38. The van der Waals surface area contributed by atoms with E-state index in [1.165, 1.54) is 12.8 Å². The summed E-state index contributed by atoms with van der Waals surface area (Å²) in [6.07, 6.45) is 2.37. The van der Waals surface area contributed by atoms with Gasteiger partial charge in [-0.3, -0.25) is 4.90 Å². The molecule has 0 fully saturated rings. The van der Waals surface area contributed by atoms with Gasteiger partial charge in [0.25, 0.3) is 0 Å². The molecule has 0 aliphatic heterocycles.